The molecule has 116 valence electrons. The minimum atomic E-state index is 0.0202. The van der Waals surface area contributed by atoms with Gasteiger partial charge < -0.3 is 5.11 Å². The van der Waals surface area contributed by atoms with Crippen LogP contribution in [0.1, 0.15) is 84.0 Å². The molecule has 0 saturated heterocycles. The van der Waals surface area contributed by atoms with Gasteiger partial charge in [0, 0.05) is 0 Å². The zero-order valence-electron chi connectivity index (χ0n) is 13.4. The Morgan fingerprint density at radius 1 is 0.500 bits per heavy atom. The van der Waals surface area contributed by atoms with Gasteiger partial charge in [0.15, 0.2) is 0 Å². The first-order valence-corrected chi connectivity index (χ1v) is 9.40. The van der Waals surface area contributed by atoms with Gasteiger partial charge in [-0.2, -0.15) is 0 Å². The van der Waals surface area contributed by atoms with E-state index in [2.05, 4.69) is 6.92 Å². The highest BCUT2D eigenvalue weighted by atomic mass is 16.3. The minimum absolute atomic E-state index is 0.0202. The van der Waals surface area contributed by atoms with E-state index in [1.54, 1.807) is 0 Å². The van der Waals surface area contributed by atoms with Crippen molar-refractivity contribution in [2.75, 3.05) is 0 Å². The first-order chi connectivity index (χ1) is 9.72. The van der Waals surface area contributed by atoms with Gasteiger partial charge in [0.05, 0.1) is 6.10 Å². The van der Waals surface area contributed by atoms with E-state index >= 15 is 0 Å². The second kappa shape index (κ2) is 6.81. The number of aliphatic hydroxyl groups is 1. The molecular weight excluding hydrogens is 244 g/mol. The lowest BCUT2D eigenvalue weighted by molar-refractivity contribution is 0.0673. The molecule has 3 rings (SSSR count). The van der Waals surface area contributed by atoms with E-state index in [1.165, 1.54) is 64.2 Å². The smallest absolute Gasteiger partial charge is 0.0540 e. The van der Waals surface area contributed by atoms with Crippen LogP contribution in [0.25, 0.3) is 0 Å². The molecule has 3 aliphatic rings. The molecule has 0 bridgehead atoms. The van der Waals surface area contributed by atoms with Crippen molar-refractivity contribution in [1.82, 2.24) is 0 Å². The molecule has 3 fully saturated rings. The molecule has 0 aromatic carbocycles. The molecule has 0 atom stereocenters. The van der Waals surface area contributed by atoms with E-state index in [4.69, 9.17) is 0 Å². The van der Waals surface area contributed by atoms with Gasteiger partial charge in [-0.05, 0) is 93.8 Å². The molecule has 1 heteroatoms. The fourth-order valence-electron chi connectivity index (χ4n) is 5.42. The SMILES string of the molecule is CC1CCC(C2CCC(C3CCC(O)CC3)CC2)CC1. The largest absolute Gasteiger partial charge is 0.393 e. The van der Waals surface area contributed by atoms with Crippen molar-refractivity contribution in [3.8, 4) is 0 Å². The monoisotopic (exact) mass is 278 g/mol. The summed E-state index contributed by atoms with van der Waals surface area (Å²) in [6.07, 6.45) is 16.8. The summed E-state index contributed by atoms with van der Waals surface area (Å²) in [6, 6.07) is 0. The Balaban J connectivity index is 1.42. The second-order valence-electron chi connectivity index (χ2n) is 8.26. The van der Waals surface area contributed by atoms with Crippen molar-refractivity contribution in [3.63, 3.8) is 0 Å². The standard InChI is InChI=1S/C19H34O/c1-14-2-4-15(5-3-14)16-6-8-17(9-7-16)18-10-12-19(20)13-11-18/h14-20H,2-13H2,1H3. The van der Waals surface area contributed by atoms with Crippen LogP contribution < -0.4 is 0 Å². The van der Waals surface area contributed by atoms with Crippen LogP contribution in [-0.4, -0.2) is 11.2 Å². The van der Waals surface area contributed by atoms with Crippen LogP contribution in [0.2, 0.25) is 0 Å². The molecule has 0 heterocycles. The van der Waals surface area contributed by atoms with Crippen molar-refractivity contribution in [2.45, 2.75) is 90.1 Å². The van der Waals surface area contributed by atoms with Crippen LogP contribution in [0.15, 0.2) is 0 Å². The van der Waals surface area contributed by atoms with Gasteiger partial charge in [-0.25, -0.2) is 0 Å². The fourth-order valence-corrected chi connectivity index (χ4v) is 5.42. The molecule has 0 radical (unpaired) electrons. The van der Waals surface area contributed by atoms with E-state index in [9.17, 15) is 5.11 Å². The van der Waals surface area contributed by atoms with Gasteiger partial charge in [0.1, 0.15) is 0 Å². The molecule has 0 spiro atoms. The third-order valence-electron chi connectivity index (χ3n) is 6.95. The van der Waals surface area contributed by atoms with E-state index in [0.29, 0.717) is 0 Å². The van der Waals surface area contributed by atoms with Crippen molar-refractivity contribution >= 4 is 0 Å². The van der Waals surface area contributed by atoms with Crippen LogP contribution >= 0.6 is 0 Å². The van der Waals surface area contributed by atoms with Crippen LogP contribution in [-0.2, 0) is 0 Å². The fraction of sp³-hybridized carbons (Fsp3) is 1.00. The van der Waals surface area contributed by atoms with E-state index < -0.39 is 0 Å². The average molecular weight is 278 g/mol. The van der Waals surface area contributed by atoms with E-state index in [-0.39, 0.29) is 6.10 Å². The van der Waals surface area contributed by atoms with Crippen LogP contribution in [0.5, 0.6) is 0 Å². The van der Waals surface area contributed by atoms with Gasteiger partial charge in [-0.1, -0.05) is 19.8 Å². The third-order valence-corrected chi connectivity index (χ3v) is 6.95. The maximum Gasteiger partial charge on any atom is 0.0540 e. The number of aliphatic hydroxyl groups excluding tert-OH is 1. The maximum atomic E-state index is 9.66. The summed E-state index contributed by atoms with van der Waals surface area (Å²) < 4.78 is 0. The van der Waals surface area contributed by atoms with Crippen molar-refractivity contribution in [2.24, 2.45) is 29.6 Å². The predicted octanol–water partition coefficient (Wildman–Crippen LogP) is 5.17. The Morgan fingerprint density at radius 3 is 1.20 bits per heavy atom. The van der Waals surface area contributed by atoms with Gasteiger partial charge in [-0.15, -0.1) is 0 Å². The normalized spacial score (nSPS) is 47.1. The molecule has 0 unspecified atom stereocenters. The van der Waals surface area contributed by atoms with Gasteiger partial charge in [-0.3, -0.25) is 0 Å². The molecule has 0 aromatic rings. The lowest BCUT2D eigenvalue weighted by atomic mass is 9.66. The van der Waals surface area contributed by atoms with Crippen molar-refractivity contribution in [3.05, 3.63) is 0 Å². The third kappa shape index (κ3) is 3.59. The average Bonchev–Trinajstić information content (AvgIpc) is 2.49. The summed E-state index contributed by atoms with van der Waals surface area (Å²) in [4.78, 5) is 0. The molecule has 1 N–H and O–H groups in total. The summed E-state index contributed by atoms with van der Waals surface area (Å²) in [6.45, 7) is 2.44. The topological polar surface area (TPSA) is 20.2 Å². The van der Waals surface area contributed by atoms with Crippen LogP contribution in [0.4, 0.5) is 0 Å². The molecule has 3 saturated carbocycles. The molecule has 0 aliphatic heterocycles. The van der Waals surface area contributed by atoms with Crippen LogP contribution in [0.3, 0.4) is 0 Å². The summed E-state index contributed by atoms with van der Waals surface area (Å²) in [7, 11) is 0. The molecular formula is C19H34O. The summed E-state index contributed by atoms with van der Waals surface area (Å²) in [5, 5.41) is 9.66. The Kier molecular flexibility index (Phi) is 5.07. The zero-order valence-corrected chi connectivity index (χ0v) is 13.4. The van der Waals surface area contributed by atoms with Crippen LogP contribution in [0, 0.1) is 29.6 Å². The first kappa shape index (κ1) is 14.9. The highest BCUT2D eigenvalue weighted by Crippen LogP contribution is 2.45. The lowest BCUT2D eigenvalue weighted by Gasteiger charge is -2.40. The predicted molar refractivity (Wildman–Crippen MR) is 84.5 cm³/mol. The maximum absolute atomic E-state index is 9.66. The molecule has 3 aliphatic carbocycles. The highest BCUT2D eigenvalue weighted by Gasteiger charge is 2.33. The van der Waals surface area contributed by atoms with E-state index in [1.807, 2.05) is 0 Å². The van der Waals surface area contributed by atoms with Crippen molar-refractivity contribution in [1.29, 1.82) is 0 Å². The number of rotatable bonds is 2. The summed E-state index contributed by atoms with van der Waals surface area (Å²) in [5.74, 6) is 5.08. The number of hydrogen-bond donors (Lipinski definition) is 1. The molecule has 1 nitrogen and oxygen atoms in total. The zero-order chi connectivity index (χ0) is 13.9. The Bertz CT molecular complexity index is 246. The Morgan fingerprint density at radius 2 is 0.800 bits per heavy atom. The second-order valence-corrected chi connectivity index (χ2v) is 8.26. The molecule has 0 aromatic heterocycles. The lowest BCUT2D eigenvalue weighted by Crippen LogP contribution is -2.30. The molecule has 20 heavy (non-hydrogen) atoms. The van der Waals surface area contributed by atoms with Crippen molar-refractivity contribution < 1.29 is 5.11 Å². The highest BCUT2D eigenvalue weighted by molar-refractivity contribution is 4.85. The Hall–Kier alpha value is -0.0400. The molecule has 0 amide bonds. The Labute approximate surface area is 125 Å². The summed E-state index contributed by atoms with van der Waals surface area (Å²) in [5.41, 5.74) is 0. The van der Waals surface area contributed by atoms with Gasteiger partial charge >= 0.3 is 0 Å². The summed E-state index contributed by atoms with van der Waals surface area (Å²) >= 11 is 0. The van der Waals surface area contributed by atoms with Gasteiger partial charge in [0.25, 0.3) is 0 Å². The first-order valence-electron chi connectivity index (χ1n) is 9.40. The van der Waals surface area contributed by atoms with E-state index in [0.717, 1.165) is 42.4 Å². The number of hydrogen-bond acceptors (Lipinski definition) is 1. The van der Waals surface area contributed by atoms with Gasteiger partial charge in [0.2, 0.25) is 0 Å². The quantitative estimate of drug-likeness (QED) is 0.738. The minimum Gasteiger partial charge on any atom is -0.393 e.